The van der Waals surface area contributed by atoms with Crippen molar-refractivity contribution in [3.8, 4) is 0 Å². The van der Waals surface area contributed by atoms with E-state index >= 15 is 0 Å². The minimum atomic E-state index is -3.98. The van der Waals surface area contributed by atoms with E-state index in [1.807, 2.05) is 0 Å². The van der Waals surface area contributed by atoms with Gasteiger partial charge in [-0.3, -0.25) is 4.55 Å². The summed E-state index contributed by atoms with van der Waals surface area (Å²) in [6, 6.07) is 0. The van der Waals surface area contributed by atoms with Crippen LogP contribution in [0.3, 0.4) is 0 Å². The van der Waals surface area contributed by atoms with Gasteiger partial charge in [0.15, 0.2) is 0 Å². The Bertz CT molecular complexity index is 320. The minimum Gasteiger partial charge on any atom is -0.330 e. The van der Waals surface area contributed by atoms with Gasteiger partial charge in [-0.05, 0) is 37.6 Å². The number of nitrogens with two attached hydrogens (primary N) is 1. The van der Waals surface area contributed by atoms with E-state index in [1.165, 1.54) is 6.42 Å². The molecule has 0 aromatic carbocycles. The Balaban J connectivity index is 2.88. The van der Waals surface area contributed by atoms with Gasteiger partial charge in [0.05, 0.1) is 5.25 Å². The van der Waals surface area contributed by atoms with Crippen LogP contribution in [0.1, 0.15) is 46.0 Å². The molecule has 0 amide bonds. The van der Waals surface area contributed by atoms with Crippen LogP contribution in [0.5, 0.6) is 0 Å². The van der Waals surface area contributed by atoms with E-state index in [0.29, 0.717) is 6.54 Å². The highest BCUT2D eigenvalue weighted by Gasteiger charge is 2.41. The fraction of sp³-hybridized carbons (Fsp3) is 1.00. The second-order valence-corrected chi connectivity index (χ2v) is 7.05. The van der Waals surface area contributed by atoms with E-state index < -0.39 is 15.4 Å². The summed E-state index contributed by atoms with van der Waals surface area (Å²) >= 11 is 0. The molecule has 1 rings (SSSR count). The molecule has 4 nitrogen and oxygen atoms in total. The van der Waals surface area contributed by atoms with Crippen LogP contribution in [-0.2, 0) is 10.1 Å². The summed E-state index contributed by atoms with van der Waals surface area (Å²) in [5.41, 5.74) is 5.67. The van der Waals surface area contributed by atoms with Crippen molar-refractivity contribution in [3.05, 3.63) is 0 Å². The molecule has 0 bridgehead atoms. The first kappa shape index (κ1) is 13.9. The first-order valence-electron chi connectivity index (χ1n) is 5.97. The van der Waals surface area contributed by atoms with E-state index in [2.05, 4.69) is 6.92 Å². The average molecular weight is 249 g/mol. The zero-order valence-corrected chi connectivity index (χ0v) is 11.0. The maximum absolute atomic E-state index is 11.2. The van der Waals surface area contributed by atoms with Gasteiger partial charge in [-0.15, -0.1) is 0 Å². The highest BCUT2D eigenvalue weighted by atomic mass is 32.2. The van der Waals surface area contributed by atoms with Crippen molar-refractivity contribution in [2.45, 2.75) is 51.2 Å². The van der Waals surface area contributed by atoms with Gasteiger partial charge < -0.3 is 5.73 Å². The van der Waals surface area contributed by atoms with E-state index in [-0.39, 0.29) is 11.3 Å². The third-order valence-electron chi connectivity index (χ3n) is 4.18. The summed E-state index contributed by atoms with van der Waals surface area (Å²) in [5.74, 6) is -0.150. The van der Waals surface area contributed by atoms with Crippen molar-refractivity contribution >= 4 is 10.1 Å². The molecule has 1 aliphatic rings. The Labute approximate surface area is 98.4 Å². The molecular formula is C11H23NO3S. The van der Waals surface area contributed by atoms with Gasteiger partial charge in [-0.25, -0.2) is 0 Å². The van der Waals surface area contributed by atoms with Gasteiger partial charge in [-0.2, -0.15) is 8.42 Å². The molecule has 0 aromatic rings. The van der Waals surface area contributed by atoms with Gasteiger partial charge in [0.1, 0.15) is 0 Å². The van der Waals surface area contributed by atoms with Crippen LogP contribution in [0.25, 0.3) is 0 Å². The lowest BCUT2D eigenvalue weighted by molar-refractivity contribution is 0.120. The molecule has 0 aliphatic heterocycles. The zero-order chi connectivity index (χ0) is 12.4. The van der Waals surface area contributed by atoms with Gasteiger partial charge in [0.25, 0.3) is 10.1 Å². The Morgan fingerprint density at radius 3 is 2.19 bits per heavy atom. The largest absolute Gasteiger partial charge is 0.330 e. The fourth-order valence-corrected chi connectivity index (χ4v) is 3.84. The number of rotatable bonds is 4. The van der Waals surface area contributed by atoms with Crippen molar-refractivity contribution in [3.63, 3.8) is 0 Å². The Morgan fingerprint density at radius 2 is 1.81 bits per heavy atom. The molecular weight excluding hydrogens is 226 g/mol. The van der Waals surface area contributed by atoms with E-state index in [1.54, 1.807) is 6.92 Å². The first-order chi connectivity index (χ1) is 7.31. The molecule has 2 atom stereocenters. The quantitative estimate of drug-likeness (QED) is 0.745. The second kappa shape index (κ2) is 5.02. The van der Waals surface area contributed by atoms with Crippen LogP contribution in [0.4, 0.5) is 0 Å². The van der Waals surface area contributed by atoms with Crippen molar-refractivity contribution in [1.29, 1.82) is 0 Å². The summed E-state index contributed by atoms with van der Waals surface area (Å²) in [4.78, 5) is 0. The van der Waals surface area contributed by atoms with Crippen molar-refractivity contribution < 1.29 is 13.0 Å². The normalized spacial score (nSPS) is 25.0. The number of hydrogen-bond donors (Lipinski definition) is 2. The average Bonchev–Trinajstić information content (AvgIpc) is 2.18. The summed E-state index contributed by atoms with van der Waals surface area (Å²) in [7, 11) is -3.98. The molecule has 0 spiro atoms. The van der Waals surface area contributed by atoms with Crippen LogP contribution in [-0.4, -0.2) is 24.8 Å². The third-order valence-corrected chi connectivity index (χ3v) is 5.45. The zero-order valence-electron chi connectivity index (χ0n) is 10.1. The lowest BCUT2D eigenvalue weighted by atomic mass is 9.66. The summed E-state index contributed by atoms with van der Waals surface area (Å²) < 4.78 is 31.6. The molecule has 5 heteroatoms. The lowest BCUT2D eigenvalue weighted by Gasteiger charge is -2.42. The van der Waals surface area contributed by atoms with Gasteiger partial charge in [-0.1, -0.05) is 26.2 Å². The van der Waals surface area contributed by atoms with E-state index in [4.69, 9.17) is 10.3 Å². The molecule has 1 saturated carbocycles. The topological polar surface area (TPSA) is 80.4 Å². The van der Waals surface area contributed by atoms with Crippen LogP contribution in [0, 0.1) is 11.3 Å². The predicted molar refractivity (Wildman–Crippen MR) is 64.7 cm³/mol. The maximum Gasteiger partial charge on any atom is 0.267 e. The highest BCUT2D eigenvalue weighted by molar-refractivity contribution is 7.86. The van der Waals surface area contributed by atoms with E-state index in [0.717, 1.165) is 25.7 Å². The summed E-state index contributed by atoms with van der Waals surface area (Å²) in [6.45, 7) is 3.98. The molecule has 2 unspecified atom stereocenters. The Kier molecular flexibility index (Phi) is 4.37. The van der Waals surface area contributed by atoms with Crippen LogP contribution >= 0.6 is 0 Å². The maximum atomic E-state index is 11.2. The van der Waals surface area contributed by atoms with Gasteiger partial charge >= 0.3 is 0 Å². The third kappa shape index (κ3) is 2.96. The van der Waals surface area contributed by atoms with Gasteiger partial charge in [0, 0.05) is 0 Å². The standard InChI is InChI=1S/C11H23NO3S/c1-9(16(13,14)15)10(8-12)11(2)6-4-3-5-7-11/h9-10H,3-8,12H2,1-2H3,(H,13,14,15). The molecule has 1 aliphatic carbocycles. The van der Waals surface area contributed by atoms with Gasteiger partial charge in [0.2, 0.25) is 0 Å². The summed E-state index contributed by atoms with van der Waals surface area (Å²) in [6.07, 6.45) is 5.49. The Hall–Kier alpha value is -0.130. The smallest absolute Gasteiger partial charge is 0.267 e. The van der Waals surface area contributed by atoms with Crippen LogP contribution in [0.15, 0.2) is 0 Å². The minimum absolute atomic E-state index is 0.0395. The van der Waals surface area contributed by atoms with Crippen molar-refractivity contribution in [1.82, 2.24) is 0 Å². The molecule has 0 saturated heterocycles. The SMILES string of the molecule is CC(C(CN)C1(C)CCCCC1)S(=O)(=O)O. The first-order valence-corrected chi connectivity index (χ1v) is 7.48. The molecule has 3 N–H and O–H groups in total. The molecule has 0 aromatic heterocycles. The molecule has 0 heterocycles. The Morgan fingerprint density at radius 1 is 1.31 bits per heavy atom. The highest BCUT2D eigenvalue weighted by Crippen LogP contribution is 2.44. The predicted octanol–water partition coefficient (Wildman–Crippen LogP) is 1.81. The fourth-order valence-electron chi connectivity index (χ4n) is 2.98. The monoisotopic (exact) mass is 249 g/mol. The molecule has 96 valence electrons. The second-order valence-electron chi connectivity index (χ2n) is 5.28. The lowest BCUT2D eigenvalue weighted by Crippen LogP contribution is -2.44. The summed E-state index contributed by atoms with van der Waals surface area (Å²) in [5, 5.41) is -0.763. The van der Waals surface area contributed by atoms with Crippen molar-refractivity contribution in [2.24, 2.45) is 17.1 Å². The molecule has 0 radical (unpaired) electrons. The van der Waals surface area contributed by atoms with Crippen LogP contribution < -0.4 is 5.73 Å². The number of hydrogen-bond acceptors (Lipinski definition) is 3. The van der Waals surface area contributed by atoms with E-state index in [9.17, 15) is 8.42 Å². The van der Waals surface area contributed by atoms with Crippen LogP contribution in [0.2, 0.25) is 0 Å². The molecule has 16 heavy (non-hydrogen) atoms. The molecule has 1 fully saturated rings. The van der Waals surface area contributed by atoms with Crippen molar-refractivity contribution in [2.75, 3.05) is 6.54 Å².